The number of para-hydroxylation sites is 2. The Kier molecular flexibility index (Phi) is 6.45. The molecule has 4 aromatic carbocycles. The first-order valence-corrected chi connectivity index (χ1v) is 10.5. The molecule has 156 valence electrons. The van der Waals surface area contributed by atoms with Crippen LogP contribution in [0.4, 0.5) is 17.1 Å². The van der Waals surface area contributed by atoms with E-state index >= 15 is 0 Å². The standard InChI is InChI=1S/C30H21N3/c1-2-24-19-27(22-32)25(20-26(24)21-31)16-13-23-14-17-30(18-15-23)33(28-9-5-3-6-10-28)29-11-7-4-8-12-29/h2-20H,1H2. The van der Waals surface area contributed by atoms with Crippen molar-refractivity contribution in [1.82, 2.24) is 0 Å². The van der Waals surface area contributed by atoms with E-state index in [9.17, 15) is 10.5 Å². The molecule has 0 saturated heterocycles. The lowest BCUT2D eigenvalue weighted by Gasteiger charge is -2.25. The largest absolute Gasteiger partial charge is 0.311 e. The molecule has 0 spiro atoms. The van der Waals surface area contributed by atoms with E-state index in [1.54, 1.807) is 18.2 Å². The summed E-state index contributed by atoms with van der Waals surface area (Å²) < 4.78 is 0. The number of rotatable bonds is 6. The van der Waals surface area contributed by atoms with Crippen molar-refractivity contribution >= 4 is 35.3 Å². The van der Waals surface area contributed by atoms with Crippen molar-refractivity contribution in [3.8, 4) is 12.1 Å². The first-order chi connectivity index (χ1) is 16.2. The highest BCUT2D eigenvalue weighted by Gasteiger charge is 2.11. The van der Waals surface area contributed by atoms with E-state index in [1.807, 2.05) is 60.7 Å². The molecular formula is C30H21N3. The van der Waals surface area contributed by atoms with Crippen molar-refractivity contribution in [2.45, 2.75) is 0 Å². The smallest absolute Gasteiger partial charge is 0.0998 e. The fraction of sp³-hybridized carbons (Fsp3) is 0. The number of hydrogen-bond acceptors (Lipinski definition) is 3. The summed E-state index contributed by atoms with van der Waals surface area (Å²) in [5, 5.41) is 18.9. The molecule has 0 saturated carbocycles. The summed E-state index contributed by atoms with van der Waals surface area (Å²) in [5.41, 5.74) is 6.58. The summed E-state index contributed by atoms with van der Waals surface area (Å²) in [4.78, 5) is 2.20. The van der Waals surface area contributed by atoms with E-state index in [0.717, 1.165) is 22.6 Å². The van der Waals surface area contributed by atoms with Crippen molar-refractivity contribution in [2.24, 2.45) is 0 Å². The van der Waals surface area contributed by atoms with E-state index in [0.29, 0.717) is 22.3 Å². The fourth-order valence-electron chi connectivity index (χ4n) is 3.66. The number of benzene rings is 4. The number of nitriles is 2. The maximum Gasteiger partial charge on any atom is 0.0998 e. The highest BCUT2D eigenvalue weighted by Crippen LogP contribution is 2.34. The SMILES string of the molecule is C=Cc1cc(C#N)c(C=Cc2ccc(N(c3ccccc3)c3ccccc3)cc2)cc1C#N. The molecule has 0 aliphatic rings. The van der Waals surface area contributed by atoms with Crippen LogP contribution in [-0.4, -0.2) is 0 Å². The Balaban J connectivity index is 1.66. The van der Waals surface area contributed by atoms with E-state index in [1.165, 1.54) is 0 Å². The van der Waals surface area contributed by atoms with Crippen LogP contribution in [0.2, 0.25) is 0 Å². The maximum absolute atomic E-state index is 9.51. The summed E-state index contributed by atoms with van der Waals surface area (Å²) in [5.74, 6) is 0. The highest BCUT2D eigenvalue weighted by molar-refractivity contribution is 5.79. The van der Waals surface area contributed by atoms with Gasteiger partial charge in [0.2, 0.25) is 0 Å². The molecule has 0 heterocycles. The lowest BCUT2D eigenvalue weighted by atomic mass is 9.98. The molecule has 0 aliphatic heterocycles. The zero-order valence-electron chi connectivity index (χ0n) is 18.0. The first-order valence-electron chi connectivity index (χ1n) is 10.5. The Morgan fingerprint density at radius 2 is 1.09 bits per heavy atom. The van der Waals surface area contributed by atoms with Crippen LogP contribution in [0, 0.1) is 22.7 Å². The van der Waals surface area contributed by atoms with Crippen molar-refractivity contribution < 1.29 is 0 Å². The normalized spacial score (nSPS) is 10.4. The molecule has 0 aliphatic carbocycles. The Bertz CT molecular complexity index is 1330. The van der Waals surface area contributed by atoms with Gasteiger partial charge < -0.3 is 4.90 Å². The van der Waals surface area contributed by atoms with Gasteiger partial charge in [0, 0.05) is 17.1 Å². The average molecular weight is 424 g/mol. The summed E-state index contributed by atoms with van der Waals surface area (Å²) in [6.07, 6.45) is 5.41. The van der Waals surface area contributed by atoms with Crippen LogP contribution in [0.3, 0.4) is 0 Å². The van der Waals surface area contributed by atoms with Gasteiger partial charge in [0.1, 0.15) is 0 Å². The lowest BCUT2D eigenvalue weighted by molar-refractivity contribution is 1.28. The van der Waals surface area contributed by atoms with Gasteiger partial charge in [-0.15, -0.1) is 0 Å². The molecule has 0 unspecified atom stereocenters. The second kappa shape index (κ2) is 9.96. The van der Waals surface area contributed by atoms with Crippen molar-refractivity contribution in [2.75, 3.05) is 4.90 Å². The zero-order chi connectivity index (χ0) is 23.0. The van der Waals surface area contributed by atoms with Gasteiger partial charge in [0.15, 0.2) is 0 Å². The molecule has 0 atom stereocenters. The van der Waals surface area contributed by atoms with Gasteiger partial charge in [0.05, 0.1) is 23.3 Å². The minimum Gasteiger partial charge on any atom is -0.311 e. The van der Waals surface area contributed by atoms with Gasteiger partial charge in [-0.3, -0.25) is 0 Å². The topological polar surface area (TPSA) is 50.8 Å². The first kappa shape index (κ1) is 21.4. The van der Waals surface area contributed by atoms with E-state index in [-0.39, 0.29) is 0 Å². The molecule has 0 amide bonds. The minimum atomic E-state index is 0.500. The third-order valence-electron chi connectivity index (χ3n) is 5.32. The van der Waals surface area contributed by atoms with Gasteiger partial charge in [-0.25, -0.2) is 0 Å². The van der Waals surface area contributed by atoms with Crippen LogP contribution < -0.4 is 4.90 Å². The Morgan fingerprint density at radius 1 is 0.606 bits per heavy atom. The molecule has 0 aromatic heterocycles. The van der Waals surface area contributed by atoms with Crippen LogP contribution >= 0.6 is 0 Å². The predicted molar refractivity (Wildman–Crippen MR) is 136 cm³/mol. The molecular weight excluding hydrogens is 402 g/mol. The Labute approximate surface area is 194 Å². The summed E-state index contributed by atoms with van der Waals surface area (Å²) in [6, 6.07) is 36.5. The maximum atomic E-state index is 9.51. The molecule has 3 heteroatoms. The van der Waals surface area contributed by atoms with E-state index < -0.39 is 0 Å². The second-order valence-corrected chi connectivity index (χ2v) is 7.39. The van der Waals surface area contributed by atoms with Crippen LogP contribution in [0.25, 0.3) is 18.2 Å². The van der Waals surface area contributed by atoms with Gasteiger partial charge in [0.25, 0.3) is 0 Å². The summed E-state index contributed by atoms with van der Waals surface area (Å²) in [7, 11) is 0. The lowest BCUT2D eigenvalue weighted by Crippen LogP contribution is -2.09. The van der Waals surface area contributed by atoms with Crippen LogP contribution in [0.5, 0.6) is 0 Å². The van der Waals surface area contributed by atoms with Gasteiger partial charge in [-0.2, -0.15) is 10.5 Å². The molecule has 4 aromatic rings. The Morgan fingerprint density at radius 3 is 1.61 bits per heavy atom. The number of nitrogens with zero attached hydrogens (tertiary/aromatic N) is 3. The van der Waals surface area contributed by atoms with Crippen LogP contribution in [0.15, 0.2) is 104 Å². The van der Waals surface area contributed by atoms with Gasteiger partial charge >= 0.3 is 0 Å². The predicted octanol–water partition coefficient (Wildman–Crippen LogP) is 7.71. The fourth-order valence-corrected chi connectivity index (χ4v) is 3.66. The van der Waals surface area contributed by atoms with Crippen molar-refractivity contribution in [3.63, 3.8) is 0 Å². The summed E-state index contributed by atoms with van der Waals surface area (Å²) in [6.45, 7) is 3.72. The monoisotopic (exact) mass is 423 g/mol. The molecule has 4 rings (SSSR count). The third-order valence-corrected chi connectivity index (χ3v) is 5.32. The molecule has 0 fully saturated rings. The second-order valence-electron chi connectivity index (χ2n) is 7.39. The van der Waals surface area contributed by atoms with Gasteiger partial charge in [-0.1, -0.05) is 73.3 Å². The van der Waals surface area contributed by atoms with Crippen molar-refractivity contribution in [1.29, 1.82) is 10.5 Å². The quantitative estimate of drug-likeness (QED) is 0.298. The molecule has 0 bridgehead atoms. The van der Waals surface area contributed by atoms with Crippen LogP contribution in [0.1, 0.15) is 27.8 Å². The van der Waals surface area contributed by atoms with Crippen molar-refractivity contribution in [3.05, 3.63) is 131 Å². The van der Waals surface area contributed by atoms with Gasteiger partial charge in [-0.05, 0) is 65.2 Å². The minimum absolute atomic E-state index is 0.500. The Hall–Kier alpha value is -4.86. The zero-order valence-corrected chi connectivity index (χ0v) is 18.0. The van der Waals surface area contributed by atoms with Crippen LogP contribution in [-0.2, 0) is 0 Å². The number of hydrogen-bond donors (Lipinski definition) is 0. The average Bonchev–Trinajstić information content (AvgIpc) is 2.89. The molecule has 33 heavy (non-hydrogen) atoms. The molecule has 3 nitrogen and oxygen atoms in total. The number of anilines is 3. The van der Waals surface area contributed by atoms with E-state index in [2.05, 4.69) is 60.0 Å². The third kappa shape index (κ3) is 4.74. The molecule has 0 radical (unpaired) electrons. The summed E-state index contributed by atoms with van der Waals surface area (Å²) >= 11 is 0. The van der Waals surface area contributed by atoms with E-state index in [4.69, 9.17) is 0 Å². The highest BCUT2D eigenvalue weighted by atomic mass is 15.1. The molecule has 0 N–H and O–H groups in total.